The molecule has 3 heterocycles. The van der Waals surface area contributed by atoms with Crippen LogP contribution in [-0.4, -0.2) is 22.1 Å². The Kier molecular flexibility index (Phi) is 2.52. The number of hydrogen-bond acceptors (Lipinski definition) is 2. The molecule has 3 heteroatoms. The topological polar surface area (TPSA) is 40.7 Å². The molecule has 3 nitrogen and oxygen atoms in total. The van der Waals surface area contributed by atoms with Gasteiger partial charge in [-0.1, -0.05) is 13.0 Å². The largest absolute Gasteiger partial charge is 0.346 e. The van der Waals surface area contributed by atoms with Crippen molar-refractivity contribution in [1.82, 2.24) is 15.3 Å². The molecule has 0 saturated carbocycles. The molecule has 3 rings (SSSR count). The minimum atomic E-state index is 0.174. The molecule has 1 aliphatic rings. The summed E-state index contributed by atoms with van der Waals surface area (Å²) in [5.74, 6) is 0.517. The van der Waals surface area contributed by atoms with Crippen molar-refractivity contribution in [2.75, 3.05) is 6.54 Å². The van der Waals surface area contributed by atoms with Gasteiger partial charge in [0.05, 0.1) is 0 Å². The van der Waals surface area contributed by atoms with Crippen molar-refractivity contribution in [1.29, 1.82) is 0 Å². The zero-order chi connectivity index (χ0) is 12.8. The van der Waals surface area contributed by atoms with Crippen LogP contribution in [0.25, 0.3) is 16.6 Å². The minimum absolute atomic E-state index is 0.174. The summed E-state index contributed by atoms with van der Waals surface area (Å²) in [4.78, 5) is 7.58. The average molecular weight is 241 g/mol. The number of fused-ring (bicyclic) bond motifs is 1. The van der Waals surface area contributed by atoms with Crippen molar-refractivity contribution in [3.05, 3.63) is 36.2 Å². The quantitative estimate of drug-likeness (QED) is 0.806. The Morgan fingerprint density at radius 3 is 3.00 bits per heavy atom. The van der Waals surface area contributed by atoms with Gasteiger partial charge in [-0.2, -0.15) is 0 Å². The van der Waals surface area contributed by atoms with Crippen LogP contribution in [0.3, 0.4) is 0 Å². The standard InChI is InChI=1S/C15H19N3/c1-10-7-11(8-18-15(10,2)3)13-9-17-14-12(13)5-4-6-16-14/h4-7,9-10,18H,8H2,1-3H3,(H,16,17). The van der Waals surface area contributed by atoms with E-state index in [2.05, 4.69) is 54.4 Å². The molecule has 94 valence electrons. The van der Waals surface area contributed by atoms with Crippen LogP contribution in [-0.2, 0) is 0 Å². The number of aromatic nitrogens is 2. The molecule has 0 aliphatic carbocycles. The Morgan fingerprint density at radius 1 is 1.39 bits per heavy atom. The lowest BCUT2D eigenvalue weighted by Crippen LogP contribution is -2.47. The van der Waals surface area contributed by atoms with E-state index in [0.29, 0.717) is 5.92 Å². The van der Waals surface area contributed by atoms with Crippen molar-refractivity contribution >= 4 is 16.6 Å². The van der Waals surface area contributed by atoms with E-state index in [0.717, 1.165) is 12.2 Å². The van der Waals surface area contributed by atoms with Gasteiger partial charge in [-0.25, -0.2) is 4.98 Å². The molecule has 2 aromatic rings. The normalized spacial score (nSPS) is 23.1. The minimum Gasteiger partial charge on any atom is -0.346 e. The van der Waals surface area contributed by atoms with Crippen LogP contribution in [0.1, 0.15) is 26.3 Å². The second kappa shape index (κ2) is 3.95. The summed E-state index contributed by atoms with van der Waals surface area (Å²) < 4.78 is 0. The Bertz CT molecular complexity index is 607. The summed E-state index contributed by atoms with van der Waals surface area (Å²) in [5.41, 5.74) is 3.77. The maximum Gasteiger partial charge on any atom is 0.137 e. The van der Waals surface area contributed by atoms with Crippen LogP contribution < -0.4 is 5.32 Å². The van der Waals surface area contributed by atoms with Gasteiger partial charge in [0.25, 0.3) is 0 Å². The molecule has 0 amide bonds. The number of H-pyrrole nitrogens is 1. The van der Waals surface area contributed by atoms with E-state index >= 15 is 0 Å². The highest BCUT2D eigenvalue weighted by Crippen LogP contribution is 2.31. The van der Waals surface area contributed by atoms with Crippen LogP contribution in [0.5, 0.6) is 0 Å². The fourth-order valence-corrected chi connectivity index (χ4v) is 2.46. The molecular weight excluding hydrogens is 222 g/mol. The van der Waals surface area contributed by atoms with Gasteiger partial charge >= 0.3 is 0 Å². The van der Waals surface area contributed by atoms with E-state index in [1.807, 2.05) is 12.3 Å². The van der Waals surface area contributed by atoms with E-state index in [-0.39, 0.29) is 5.54 Å². The third kappa shape index (κ3) is 1.75. The molecule has 0 spiro atoms. The number of pyridine rings is 1. The highest BCUT2D eigenvalue weighted by Gasteiger charge is 2.28. The fraction of sp³-hybridized carbons (Fsp3) is 0.400. The van der Waals surface area contributed by atoms with E-state index in [9.17, 15) is 0 Å². The second-order valence-corrected chi connectivity index (χ2v) is 5.66. The van der Waals surface area contributed by atoms with Gasteiger partial charge in [-0.05, 0) is 37.5 Å². The van der Waals surface area contributed by atoms with Gasteiger partial charge in [-0.3, -0.25) is 0 Å². The maximum absolute atomic E-state index is 4.34. The first kappa shape index (κ1) is 11.5. The summed E-state index contributed by atoms with van der Waals surface area (Å²) in [6.07, 6.45) is 6.27. The van der Waals surface area contributed by atoms with E-state index in [1.54, 1.807) is 0 Å². The predicted octanol–water partition coefficient (Wildman–Crippen LogP) is 2.96. The van der Waals surface area contributed by atoms with Gasteiger partial charge < -0.3 is 10.3 Å². The molecule has 0 fully saturated rings. The van der Waals surface area contributed by atoms with Crippen molar-refractivity contribution in [3.63, 3.8) is 0 Å². The van der Waals surface area contributed by atoms with Crippen molar-refractivity contribution < 1.29 is 0 Å². The first-order chi connectivity index (χ1) is 8.58. The van der Waals surface area contributed by atoms with Gasteiger partial charge in [0.1, 0.15) is 5.65 Å². The molecule has 0 saturated heterocycles. The Labute approximate surface area is 107 Å². The van der Waals surface area contributed by atoms with Crippen LogP contribution in [0.2, 0.25) is 0 Å². The number of rotatable bonds is 1. The zero-order valence-corrected chi connectivity index (χ0v) is 11.1. The van der Waals surface area contributed by atoms with E-state index in [1.165, 1.54) is 16.5 Å². The molecule has 0 aromatic carbocycles. The molecule has 1 atom stereocenters. The highest BCUT2D eigenvalue weighted by atomic mass is 15.0. The maximum atomic E-state index is 4.34. The lowest BCUT2D eigenvalue weighted by atomic mass is 9.83. The summed E-state index contributed by atoms with van der Waals surface area (Å²) in [6.45, 7) is 7.68. The van der Waals surface area contributed by atoms with Gasteiger partial charge in [-0.15, -0.1) is 0 Å². The Hall–Kier alpha value is -1.61. The lowest BCUT2D eigenvalue weighted by molar-refractivity contribution is 0.317. The number of aromatic amines is 1. The summed E-state index contributed by atoms with van der Waals surface area (Å²) in [7, 11) is 0. The van der Waals surface area contributed by atoms with Crippen LogP contribution in [0.4, 0.5) is 0 Å². The van der Waals surface area contributed by atoms with Crippen LogP contribution >= 0.6 is 0 Å². The summed E-state index contributed by atoms with van der Waals surface area (Å²) in [5, 5.41) is 4.81. The number of nitrogens with one attached hydrogen (secondary N) is 2. The Morgan fingerprint density at radius 2 is 2.22 bits per heavy atom. The third-order valence-corrected chi connectivity index (χ3v) is 4.12. The van der Waals surface area contributed by atoms with E-state index < -0.39 is 0 Å². The van der Waals surface area contributed by atoms with Gasteiger partial charge in [0.15, 0.2) is 0 Å². The highest BCUT2D eigenvalue weighted by molar-refractivity contribution is 5.91. The van der Waals surface area contributed by atoms with Gasteiger partial charge in [0.2, 0.25) is 0 Å². The predicted molar refractivity (Wildman–Crippen MR) is 75.3 cm³/mol. The SMILES string of the molecule is CC1C=C(c2c[nH]c3ncccc23)CNC1(C)C. The summed E-state index contributed by atoms with van der Waals surface area (Å²) in [6, 6.07) is 4.11. The van der Waals surface area contributed by atoms with Crippen LogP contribution in [0, 0.1) is 5.92 Å². The molecular formula is C15H19N3. The monoisotopic (exact) mass is 241 g/mol. The summed E-state index contributed by atoms with van der Waals surface area (Å²) >= 11 is 0. The number of hydrogen-bond donors (Lipinski definition) is 2. The molecule has 1 aliphatic heterocycles. The third-order valence-electron chi connectivity index (χ3n) is 4.12. The molecule has 2 N–H and O–H groups in total. The fourth-order valence-electron chi connectivity index (χ4n) is 2.46. The van der Waals surface area contributed by atoms with Gasteiger partial charge in [0, 0.05) is 35.4 Å². The molecule has 2 aromatic heterocycles. The van der Waals surface area contributed by atoms with Crippen molar-refractivity contribution in [2.45, 2.75) is 26.3 Å². The zero-order valence-electron chi connectivity index (χ0n) is 11.1. The molecule has 1 unspecified atom stereocenters. The molecule has 0 radical (unpaired) electrons. The second-order valence-electron chi connectivity index (χ2n) is 5.66. The first-order valence-corrected chi connectivity index (χ1v) is 6.46. The molecule has 0 bridgehead atoms. The number of nitrogens with zero attached hydrogens (tertiary/aromatic N) is 1. The lowest BCUT2D eigenvalue weighted by Gasteiger charge is -2.36. The Balaban J connectivity index is 2.06. The van der Waals surface area contributed by atoms with Crippen molar-refractivity contribution in [3.8, 4) is 0 Å². The first-order valence-electron chi connectivity index (χ1n) is 6.46. The molecule has 18 heavy (non-hydrogen) atoms. The van der Waals surface area contributed by atoms with Crippen LogP contribution in [0.15, 0.2) is 30.6 Å². The average Bonchev–Trinajstić information content (AvgIpc) is 2.77. The van der Waals surface area contributed by atoms with Crippen molar-refractivity contribution in [2.24, 2.45) is 5.92 Å². The van der Waals surface area contributed by atoms with E-state index in [4.69, 9.17) is 0 Å². The smallest absolute Gasteiger partial charge is 0.137 e.